The number of sulfone groups is 1. The molecule has 1 aromatic heterocycles. The standard InChI is InChI=1S/C11H12ClN5O3S/c1-6(10-14-16-17-15-10)13-11(18)7-3-4-8(12)9(5-7)21(2,19)20/h3-6H,1-2H3,(H,13,18)(H,14,15,16,17). The van der Waals surface area contributed by atoms with Crippen molar-refractivity contribution in [2.75, 3.05) is 6.26 Å². The van der Waals surface area contributed by atoms with Crippen LogP contribution < -0.4 is 5.32 Å². The summed E-state index contributed by atoms with van der Waals surface area (Å²) in [5.74, 6) is -0.144. The van der Waals surface area contributed by atoms with Crippen LogP contribution in [-0.2, 0) is 9.84 Å². The van der Waals surface area contributed by atoms with Crippen molar-refractivity contribution >= 4 is 27.3 Å². The topological polar surface area (TPSA) is 118 Å². The Morgan fingerprint density at radius 2 is 2.14 bits per heavy atom. The van der Waals surface area contributed by atoms with Gasteiger partial charge in [0.2, 0.25) is 0 Å². The van der Waals surface area contributed by atoms with E-state index >= 15 is 0 Å². The SMILES string of the molecule is CC(NC(=O)c1ccc(Cl)c(S(C)(=O)=O)c1)c1nn[nH]n1. The minimum Gasteiger partial charge on any atom is -0.342 e. The number of carbonyl (C=O) groups excluding carboxylic acids is 1. The van der Waals surface area contributed by atoms with E-state index in [-0.39, 0.29) is 15.5 Å². The molecule has 1 amide bonds. The van der Waals surface area contributed by atoms with Gasteiger partial charge in [-0.1, -0.05) is 16.8 Å². The van der Waals surface area contributed by atoms with Crippen molar-refractivity contribution in [3.05, 3.63) is 34.6 Å². The lowest BCUT2D eigenvalue weighted by atomic mass is 10.2. The number of hydrogen-bond acceptors (Lipinski definition) is 6. The predicted molar refractivity (Wildman–Crippen MR) is 74.6 cm³/mol. The first-order chi connectivity index (χ1) is 9.79. The Kier molecular flexibility index (Phi) is 4.24. The second-order valence-corrected chi connectivity index (χ2v) is 6.77. The molecule has 112 valence electrons. The molecule has 0 bridgehead atoms. The fraction of sp³-hybridized carbons (Fsp3) is 0.273. The molecule has 1 heterocycles. The van der Waals surface area contributed by atoms with Crippen LogP contribution in [0.5, 0.6) is 0 Å². The Hall–Kier alpha value is -2.00. The summed E-state index contributed by atoms with van der Waals surface area (Å²) in [5.41, 5.74) is 0.176. The molecule has 0 aliphatic rings. The average Bonchev–Trinajstić information content (AvgIpc) is 2.91. The Morgan fingerprint density at radius 1 is 1.43 bits per heavy atom. The summed E-state index contributed by atoms with van der Waals surface area (Å²) in [5, 5.41) is 15.9. The van der Waals surface area contributed by atoms with Crippen molar-refractivity contribution < 1.29 is 13.2 Å². The largest absolute Gasteiger partial charge is 0.342 e. The van der Waals surface area contributed by atoms with Crippen LogP contribution in [0.1, 0.15) is 29.1 Å². The van der Waals surface area contributed by atoms with E-state index in [9.17, 15) is 13.2 Å². The van der Waals surface area contributed by atoms with Crippen LogP contribution in [0.4, 0.5) is 0 Å². The molecule has 1 unspecified atom stereocenters. The molecule has 0 saturated carbocycles. The molecule has 0 aliphatic heterocycles. The fourth-order valence-corrected chi connectivity index (χ4v) is 2.93. The van der Waals surface area contributed by atoms with Gasteiger partial charge in [-0.2, -0.15) is 5.21 Å². The molecular weight excluding hydrogens is 318 g/mol. The van der Waals surface area contributed by atoms with Gasteiger partial charge in [0.05, 0.1) is 16.0 Å². The summed E-state index contributed by atoms with van der Waals surface area (Å²) in [4.78, 5) is 12.0. The van der Waals surface area contributed by atoms with E-state index in [4.69, 9.17) is 11.6 Å². The van der Waals surface area contributed by atoms with Crippen molar-refractivity contribution in [3.8, 4) is 0 Å². The van der Waals surface area contributed by atoms with Crippen molar-refractivity contribution in [1.29, 1.82) is 0 Å². The number of H-pyrrole nitrogens is 1. The van der Waals surface area contributed by atoms with Crippen molar-refractivity contribution in [2.24, 2.45) is 0 Å². The van der Waals surface area contributed by atoms with Crippen LogP contribution in [-0.4, -0.2) is 41.2 Å². The molecule has 1 aromatic carbocycles. The maximum Gasteiger partial charge on any atom is 0.251 e. The molecule has 2 rings (SSSR count). The van der Waals surface area contributed by atoms with Gasteiger partial charge in [0.25, 0.3) is 5.91 Å². The number of hydrogen-bond donors (Lipinski definition) is 2. The number of amides is 1. The molecule has 0 fully saturated rings. The highest BCUT2D eigenvalue weighted by atomic mass is 35.5. The first-order valence-electron chi connectivity index (χ1n) is 5.83. The van der Waals surface area contributed by atoms with Crippen LogP contribution in [0, 0.1) is 0 Å². The Bertz CT molecular complexity index is 760. The van der Waals surface area contributed by atoms with E-state index in [0.717, 1.165) is 6.26 Å². The van der Waals surface area contributed by atoms with Gasteiger partial charge in [0, 0.05) is 11.8 Å². The van der Waals surface area contributed by atoms with Crippen LogP contribution in [0.3, 0.4) is 0 Å². The summed E-state index contributed by atoms with van der Waals surface area (Å²) in [6, 6.07) is 3.56. The highest BCUT2D eigenvalue weighted by molar-refractivity contribution is 7.90. The summed E-state index contributed by atoms with van der Waals surface area (Å²) in [7, 11) is -3.51. The zero-order chi connectivity index (χ0) is 15.6. The lowest BCUT2D eigenvalue weighted by Crippen LogP contribution is -2.27. The summed E-state index contributed by atoms with van der Waals surface area (Å²) in [6.45, 7) is 1.68. The van der Waals surface area contributed by atoms with Gasteiger partial charge >= 0.3 is 0 Å². The van der Waals surface area contributed by atoms with Gasteiger partial charge < -0.3 is 5.32 Å². The van der Waals surface area contributed by atoms with Crippen LogP contribution >= 0.6 is 11.6 Å². The minimum absolute atomic E-state index is 0.0697. The molecule has 2 aromatic rings. The first-order valence-corrected chi connectivity index (χ1v) is 8.10. The highest BCUT2D eigenvalue weighted by Gasteiger charge is 2.18. The Balaban J connectivity index is 2.24. The molecule has 21 heavy (non-hydrogen) atoms. The maximum absolute atomic E-state index is 12.1. The van der Waals surface area contributed by atoms with E-state index in [0.29, 0.717) is 5.82 Å². The number of aromatic nitrogens is 4. The Labute approximate surface area is 125 Å². The second-order valence-electron chi connectivity index (χ2n) is 4.38. The van der Waals surface area contributed by atoms with Crippen molar-refractivity contribution in [2.45, 2.75) is 17.9 Å². The number of tetrazole rings is 1. The van der Waals surface area contributed by atoms with E-state index in [1.165, 1.54) is 18.2 Å². The Morgan fingerprint density at radius 3 is 2.71 bits per heavy atom. The number of nitrogens with one attached hydrogen (secondary N) is 2. The number of carbonyl (C=O) groups is 1. The normalized spacial score (nSPS) is 12.9. The monoisotopic (exact) mass is 329 g/mol. The summed E-state index contributed by atoms with van der Waals surface area (Å²) >= 11 is 5.83. The molecule has 2 N–H and O–H groups in total. The number of benzene rings is 1. The molecule has 10 heteroatoms. The average molecular weight is 330 g/mol. The number of aromatic amines is 1. The molecule has 0 aliphatic carbocycles. The summed E-state index contributed by atoms with van der Waals surface area (Å²) in [6.07, 6.45) is 1.03. The molecule has 8 nitrogen and oxygen atoms in total. The first kappa shape index (κ1) is 15.4. The van der Waals surface area contributed by atoms with Gasteiger partial charge in [-0.25, -0.2) is 8.42 Å². The van der Waals surface area contributed by atoms with Crippen molar-refractivity contribution in [1.82, 2.24) is 25.9 Å². The predicted octanol–water partition coefficient (Wildman–Crippen LogP) is 0.748. The fourth-order valence-electron chi connectivity index (χ4n) is 1.63. The third kappa shape index (κ3) is 3.56. The maximum atomic E-state index is 12.1. The minimum atomic E-state index is -3.51. The molecule has 0 radical (unpaired) electrons. The van der Waals surface area contributed by atoms with Crippen LogP contribution in [0.15, 0.2) is 23.1 Å². The van der Waals surface area contributed by atoms with Gasteiger partial charge in [0.1, 0.15) is 0 Å². The smallest absolute Gasteiger partial charge is 0.251 e. The van der Waals surface area contributed by atoms with Crippen molar-refractivity contribution in [3.63, 3.8) is 0 Å². The van der Waals surface area contributed by atoms with E-state index < -0.39 is 21.8 Å². The third-order valence-corrected chi connectivity index (χ3v) is 4.27. The van der Waals surface area contributed by atoms with E-state index in [1.807, 2.05) is 0 Å². The lowest BCUT2D eigenvalue weighted by Gasteiger charge is -2.11. The zero-order valence-corrected chi connectivity index (χ0v) is 12.7. The van der Waals surface area contributed by atoms with Gasteiger partial charge in [0.15, 0.2) is 15.7 Å². The summed E-state index contributed by atoms with van der Waals surface area (Å²) < 4.78 is 23.2. The quantitative estimate of drug-likeness (QED) is 0.854. The van der Waals surface area contributed by atoms with E-state index in [2.05, 4.69) is 25.9 Å². The van der Waals surface area contributed by atoms with Gasteiger partial charge in [-0.15, -0.1) is 10.2 Å². The number of nitrogens with zero attached hydrogens (tertiary/aromatic N) is 3. The van der Waals surface area contributed by atoms with Crippen LogP contribution in [0.25, 0.3) is 0 Å². The van der Waals surface area contributed by atoms with Gasteiger partial charge in [-0.05, 0) is 25.1 Å². The molecule has 0 saturated heterocycles. The number of halogens is 1. The van der Waals surface area contributed by atoms with Crippen LogP contribution in [0.2, 0.25) is 5.02 Å². The highest BCUT2D eigenvalue weighted by Crippen LogP contribution is 2.22. The zero-order valence-electron chi connectivity index (χ0n) is 11.2. The lowest BCUT2D eigenvalue weighted by molar-refractivity contribution is 0.0938. The molecule has 1 atom stereocenters. The number of rotatable bonds is 4. The molecule has 0 spiro atoms. The van der Waals surface area contributed by atoms with Gasteiger partial charge in [-0.3, -0.25) is 4.79 Å². The van der Waals surface area contributed by atoms with E-state index in [1.54, 1.807) is 6.92 Å². The second kappa shape index (κ2) is 5.78. The molecular formula is C11H12ClN5O3S. The third-order valence-electron chi connectivity index (χ3n) is 2.69.